The highest BCUT2D eigenvalue weighted by Crippen LogP contribution is 2.32. The molecule has 1 N–H and O–H groups in total. The molecular formula is C20H25FN2O3. The molecule has 2 aromatic rings. The molecule has 26 heavy (non-hydrogen) atoms. The van der Waals surface area contributed by atoms with Crippen LogP contribution in [0.5, 0.6) is 11.5 Å². The van der Waals surface area contributed by atoms with Gasteiger partial charge in [0.1, 0.15) is 30.0 Å². The molecule has 0 radical (unpaired) electrons. The summed E-state index contributed by atoms with van der Waals surface area (Å²) in [5, 5.41) is 10.2. The summed E-state index contributed by atoms with van der Waals surface area (Å²) in [5.74, 6) is 0.549. The fourth-order valence-corrected chi connectivity index (χ4v) is 3.27. The molecule has 1 fully saturated rings. The quantitative estimate of drug-likeness (QED) is 0.822. The summed E-state index contributed by atoms with van der Waals surface area (Å²) in [6.45, 7) is 2.75. The van der Waals surface area contributed by atoms with Crippen molar-refractivity contribution in [3.8, 4) is 22.6 Å². The molecule has 3 rings (SSSR count). The van der Waals surface area contributed by atoms with Crippen molar-refractivity contribution in [1.82, 2.24) is 9.88 Å². The Morgan fingerprint density at radius 3 is 2.81 bits per heavy atom. The number of halogens is 1. The number of pyridine rings is 1. The smallest absolute Gasteiger partial charge is 0.144 e. The Hall–Kier alpha value is -2.18. The normalized spacial score (nSPS) is 16.3. The Morgan fingerprint density at radius 2 is 2.04 bits per heavy atom. The Bertz CT molecular complexity index is 720. The SMILES string of the molecule is COc1cnccc1-c1cc(F)cc(OCC(O)CN2CCCCC2)c1. The molecule has 2 heterocycles. The lowest BCUT2D eigenvalue weighted by Crippen LogP contribution is -2.38. The van der Waals surface area contributed by atoms with Crippen LogP contribution in [0.2, 0.25) is 0 Å². The van der Waals surface area contributed by atoms with Gasteiger partial charge in [-0.15, -0.1) is 0 Å². The van der Waals surface area contributed by atoms with Gasteiger partial charge < -0.3 is 19.5 Å². The van der Waals surface area contributed by atoms with Crippen LogP contribution in [0.4, 0.5) is 4.39 Å². The number of rotatable bonds is 7. The highest BCUT2D eigenvalue weighted by molar-refractivity contribution is 5.70. The van der Waals surface area contributed by atoms with E-state index in [4.69, 9.17) is 9.47 Å². The first-order chi connectivity index (χ1) is 12.7. The molecule has 0 amide bonds. The number of β-amino-alcohol motifs (C(OH)–C–C–N with tert-alkyl or cyclic N) is 1. The zero-order valence-electron chi connectivity index (χ0n) is 15.0. The lowest BCUT2D eigenvalue weighted by atomic mass is 10.1. The van der Waals surface area contributed by atoms with Gasteiger partial charge >= 0.3 is 0 Å². The van der Waals surface area contributed by atoms with Crippen molar-refractivity contribution in [3.05, 3.63) is 42.5 Å². The van der Waals surface area contributed by atoms with E-state index in [1.165, 1.54) is 31.4 Å². The van der Waals surface area contributed by atoms with Gasteiger partial charge in [0.2, 0.25) is 0 Å². The van der Waals surface area contributed by atoms with E-state index in [0.29, 0.717) is 23.6 Å². The maximum absolute atomic E-state index is 14.0. The zero-order chi connectivity index (χ0) is 18.4. The first kappa shape index (κ1) is 18.6. The number of likely N-dealkylation sites (tertiary alicyclic amines) is 1. The molecule has 1 atom stereocenters. The van der Waals surface area contributed by atoms with Gasteiger partial charge in [-0.2, -0.15) is 0 Å². The first-order valence-electron chi connectivity index (χ1n) is 8.98. The van der Waals surface area contributed by atoms with E-state index >= 15 is 0 Å². The van der Waals surface area contributed by atoms with Crippen LogP contribution in [0.25, 0.3) is 11.1 Å². The summed E-state index contributed by atoms with van der Waals surface area (Å²) in [7, 11) is 1.55. The number of hydrogen-bond acceptors (Lipinski definition) is 5. The van der Waals surface area contributed by atoms with Gasteiger partial charge in [-0.3, -0.25) is 4.98 Å². The van der Waals surface area contributed by atoms with E-state index in [0.717, 1.165) is 18.7 Å². The third-order valence-electron chi connectivity index (χ3n) is 4.55. The van der Waals surface area contributed by atoms with Gasteiger partial charge in [0, 0.05) is 24.4 Å². The number of aromatic nitrogens is 1. The monoisotopic (exact) mass is 360 g/mol. The minimum atomic E-state index is -0.602. The molecule has 1 aromatic carbocycles. The van der Waals surface area contributed by atoms with Crippen LogP contribution in [0.15, 0.2) is 36.7 Å². The molecular weight excluding hydrogens is 335 g/mol. The Morgan fingerprint density at radius 1 is 1.23 bits per heavy atom. The number of piperidine rings is 1. The van der Waals surface area contributed by atoms with E-state index < -0.39 is 11.9 Å². The van der Waals surface area contributed by atoms with E-state index in [-0.39, 0.29) is 6.61 Å². The summed E-state index contributed by atoms with van der Waals surface area (Å²) >= 11 is 0. The van der Waals surface area contributed by atoms with Crippen molar-refractivity contribution in [3.63, 3.8) is 0 Å². The standard InChI is InChI=1S/C20H25FN2O3/c1-25-20-12-22-6-5-19(20)15-9-16(21)11-18(10-15)26-14-17(24)13-23-7-3-2-4-8-23/h5-6,9-12,17,24H,2-4,7-8,13-14H2,1H3. The second kappa shape index (κ2) is 8.96. The molecule has 0 saturated carbocycles. The molecule has 140 valence electrons. The fraction of sp³-hybridized carbons (Fsp3) is 0.450. The summed E-state index contributed by atoms with van der Waals surface area (Å²) in [6.07, 6.45) is 6.22. The van der Waals surface area contributed by atoms with Crippen molar-refractivity contribution in [2.24, 2.45) is 0 Å². The maximum Gasteiger partial charge on any atom is 0.144 e. The number of hydrogen-bond donors (Lipinski definition) is 1. The van der Waals surface area contributed by atoms with Crippen LogP contribution in [-0.2, 0) is 0 Å². The second-order valence-electron chi connectivity index (χ2n) is 6.58. The minimum absolute atomic E-state index is 0.132. The van der Waals surface area contributed by atoms with Crippen molar-refractivity contribution < 1.29 is 19.0 Å². The topological polar surface area (TPSA) is 54.8 Å². The zero-order valence-corrected chi connectivity index (χ0v) is 15.0. The predicted molar refractivity (Wildman–Crippen MR) is 98.0 cm³/mol. The van der Waals surface area contributed by atoms with Crippen LogP contribution < -0.4 is 9.47 Å². The van der Waals surface area contributed by atoms with Crippen molar-refractivity contribution in [2.45, 2.75) is 25.4 Å². The summed E-state index contributed by atoms with van der Waals surface area (Å²) in [5.41, 5.74) is 1.38. The maximum atomic E-state index is 14.0. The summed E-state index contributed by atoms with van der Waals surface area (Å²) < 4.78 is 25.0. The van der Waals surface area contributed by atoms with Gasteiger partial charge in [0.25, 0.3) is 0 Å². The molecule has 6 heteroatoms. The van der Waals surface area contributed by atoms with Gasteiger partial charge in [-0.25, -0.2) is 4.39 Å². The average molecular weight is 360 g/mol. The molecule has 0 bridgehead atoms. The van der Waals surface area contributed by atoms with Crippen LogP contribution >= 0.6 is 0 Å². The Labute approximate surface area is 153 Å². The van der Waals surface area contributed by atoms with Crippen LogP contribution in [-0.4, -0.2) is 54.4 Å². The third kappa shape index (κ3) is 4.93. The van der Waals surface area contributed by atoms with Crippen LogP contribution in [0.3, 0.4) is 0 Å². The molecule has 1 saturated heterocycles. The molecule has 1 unspecified atom stereocenters. The van der Waals surface area contributed by atoms with E-state index in [9.17, 15) is 9.50 Å². The van der Waals surface area contributed by atoms with Gasteiger partial charge in [0.05, 0.1) is 13.3 Å². The van der Waals surface area contributed by atoms with Crippen molar-refractivity contribution in [1.29, 1.82) is 0 Å². The van der Waals surface area contributed by atoms with E-state index in [1.807, 2.05) is 0 Å². The first-order valence-corrected chi connectivity index (χ1v) is 8.98. The van der Waals surface area contributed by atoms with Gasteiger partial charge in [-0.05, 0) is 49.7 Å². The fourth-order valence-electron chi connectivity index (χ4n) is 3.27. The molecule has 1 aromatic heterocycles. The summed E-state index contributed by atoms with van der Waals surface area (Å²) in [4.78, 5) is 6.26. The van der Waals surface area contributed by atoms with Crippen molar-refractivity contribution in [2.75, 3.05) is 33.4 Å². The largest absolute Gasteiger partial charge is 0.494 e. The summed E-state index contributed by atoms with van der Waals surface area (Å²) in [6, 6.07) is 6.26. The second-order valence-corrected chi connectivity index (χ2v) is 6.58. The number of nitrogens with zero attached hydrogens (tertiary/aromatic N) is 2. The number of benzene rings is 1. The third-order valence-corrected chi connectivity index (χ3v) is 4.55. The molecule has 0 aliphatic carbocycles. The number of ether oxygens (including phenoxy) is 2. The van der Waals surface area contributed by atoms with E-state index in [1.54, 1.807) is 31.6 Å². The van der Waals surface area contributed by atoms with Crippen LogP contribution in [0, 0.1) is 5.82 Å². The Balaban J connectivity index is 1.66. The van der Waals surface area contributed by atoms with Gasteiger partial charge in [0.15, 0.2) is 0 Å². The highest BCUT2D eigenvalue weighted by atomic mass is 19.1. The van der Waals surface area contributed by atoms with Crippen molar-refractivity contribution >= 4 is 0 Å². The van der Waals surface area contributed by atoms with Crippen LogP contribution in [0.1, 0.15) is 19.3 Å². The van der Waals surface area contributed by atoms with E-state index in [2.05, 4.69) is 9.88 Å². The lowest BCUT2D eigenvalue weighted by molar-refractivity contribution is 0.0616. The number of methoxy groups -OCH3 is 1. The minimum Gasteiger partial charge on any atom is -0.494 e. The number of aliphatic hydroxyl groups excluding tert-OH is 1. The molecule has 1 aliphatic rings. The predicted octanol–water partition coefficient (Wildman–Crippen LogP) is 3.12. The highest BCUT2D eigenvalue weighted by Gasteiger charge is 2.16. The average Bonchev–Trinajstić information content (AvgIpc) is 2.67. The van der Waals surface area contributed by atoms with Gasteiger partial charge in [-0.1, -0.05) is 6.42 Å². The molecule has 1 aliphatic heterocycles. The number of aliphatic hydroxyl groups is 1. The molecule has 5 nitrogen and oxygen atoms in total. The lowest BCUT2D eigenvalue weighted by Gasteiger charge is -2.28. The molecule has 0 spiro atoms. The Kier molecular flexibility index (Phi) is 6.41.